The minimum Gasteiger partial charge on any atom is -0.326 e. The van der Waals surface area contributed by atoms with E-state index < -0.39 is 0 Å². The molecule has 0 unspecified atom stereocenters. The molecule has 0 bridgehead atoms. The zero-order valence-electron chi connectivity index (χ0n) is 11.4. The van der Waals surface area contributed by atoms with E-state index in [1.54, 1.807) is 0 Å². The number of carbonyl (C=O) groups excluding carboxylic acids is 1. The van der Waals surface area contributed by atoms with Gasteiger partial charge in [0.1, 0.15) is 0 Å². The number of fused-ring (bicyclic) bond motifs is 1. The first-order valence-corrected chi connectivity index (χ1v) is 7.28. The number of aryl methyl sites for hydroxylation is 1. The van der Waals surface area contributed by atoms with E-state index in [2.05, 4.69) is 24.4 Å². The summed E-state index contributed by atoms with van der Waals surface area (Å²) in [5.74, 6) is 1.72. The van der Waals surface area contributed by atoms with Gasteiger partial charge in [-0.3, -0.25) is 4.79 Å². The molecule has 2 heteroatoms. The van der Waals surface area contributed by atoms with E-state index in [1.165, 1.54) is 18.4 Å². The van der Waals surface area contributed by atoms with Gasteiger partial charge in [-0.25, -0.2) is 0 Å². The van der Waals surface area contributed by atoms with Crippen molar-refractivity contribution < 1.29 is 4.79 Å². The van der Waals surface area contributed by atoms with E-state index >= 15 is 0 Å². The fourth-order valence-electron chi connectivity index (χ4n) is 3.30. The van der Waals surface area contributed by atoms with Gasteiger partial charge in [-0.1, -0.05) is 29.8 Å². The lowest BCUT2D eigenvalue weighted by molar-refractivity contribution is -0.117. The minimum atomic E-state index is 0.223. The highest BCUT2D eigenvalue weighted by Gasteiger charge is 2.53. The summed E-state index contributed by atoms with van der Waals surface area (Å²) in [4.78, 5) is 12.3. The van der Waals surface area contributed by atoms with Crippen LogP contribution in [0.1, 0.15) is 31.2 Å². The first-order chi connectivity index (χ1) is 9.25. The highest BCUT2D eigenvalue weighted by molar-refractivity contribution is 5.94. The summed E-state index contributed by atoms with van der Waals surface area (Å²) in [6.07, 6.45) is 9.15. The molecule has 0 aliphatic heterocycles. The average Bonchev–Trinajstić information content (AvgIpc) is 3.03. The van der Waals surface area contributed by atoms with Crippen LogP contribution in [0, 0.1) is 24.7 Å². The molecule has 1 N–H and O–H groups in total. The number of amides is 1. The van der Waals surface area contributed by atoms with Crippen LogP contribution < -0.4 is 5.32 Å². The normalized spacial score (nSPS) is 29.0. The highest BCUT2D eigenvalue weighted by Crippen LogP contribution is 2.53. The Kier molecular flexibility index (Phi) is 3.41. The fourth-order valence-corrected chi connectivity index (χ4v) is 3.30. The molecule has 19 heavy (non-hydrogen) atoms. The largest absolute Gasteiger partial charge is 0.326 e. The topological polar surface area (TPSA) is 29.1 Å². The summed E-state index contributed by atoms with van der Waals surface area (Å²) < 4.78 is 0. The lowest BCUT2D eigenvalue weighted by Crippen LogP contribution is -2.15. The van der Waals surface area contributed by atoms with Crippen molar-refractivity contribution in [2.24, 2.45) is 17.8 Å². The van der Waals surface area contributed by atoms with Crippen LogP contribution in [-0.2, 0) is 4.79 Å². The van der Waals surface area contributed by atoms with Gasteiger partial charge in [0.2, 0.25) is 5.91 Å². The number of allylic oxidation sites excluding steroid dienone is 2. The summed E-state index contributed by atoms with van der Waals surface area (Å²) in [5.41, 5.74) is 2.14. The van der Waals surface area contributed by atoms with Crippen molar-refractivity contribution in [3.8, 4) is 0 Å². The first kappa shape index (κ1) is 12.5. The van der Waals surface area contributed by atoms with Crippen molar-refractivity contribution in [3.63, 3.8) is 0 Å². The highest BCUT2D eigenvalue weighted by atomic mass is 16.2. The van der Waals surface area contributed by atoms with Gasteiger partial charge in [-0.15, -0.1) is 0 Å². The maximum Gasteiger partial charge on any atom is 0.228 e. The molecule has 3 rings (SSSR count). The quantitative estimate of drug-likeness (QED) is 0.797. The Morgan fingerprint density at radius 2 is 1.63 bits per heavy atom. The monoisotopic (exact) mass is 255 g/mol. The fraction of sp³-hybridized carbons (Fsp3) is 0.471. The lowest BCUT2D eigenvalue weighted by Gasteiger charge is -2.05. The van der Waals surface area contributed by atoms with E-state index in [4.69, 9.17) is 0 Å². The third-order valence-corrected chi connectivity index (χ3v) is 4.45. The Morgan fingerprint density at radius 3 is 2.21 bits per heavy atom. The Balaban J connectivity index is 1.61. The van der Waals surface area contributed by atoms with Gasteiger partial charge < -0.3 is 5.32 Å². The van der Waals surface area contributed by atoms with E-state index in [1.807, 2.05) is 24.3 Å². The Labute approximate surface area is 114 Å². The van der Waals surface area contributed by atoms with Crippen LogP contribution in [0.25, 0.3) is 0 Å². The number of nitrogens with one attached hydrogen (secondary N) is 1. The molecule has 0 radical (unpaired) electrons. The van der Waals surface area contributed by atoms with Crippen molar-refractivity contribution in [3.05, 3.63) is 42.0 Å². The minimum absolute atomic E-state index is 0.223. The van der Waals surface area contributed by atoms with E-state index in [-0.39, 0.29) is 11.8 Å². The van der Waals surface area contributed by atoms with Gasteiger partial charge in [0.15, 0.2) is 0 Å². The van der Waals surface area contributed by atoms with Crippen molar-refractivity contribution in [1.29, 1.82) is 0 Å². The van der Waals surface area contributed by atoms with Crippen LogP contribution in [-0.4, -0.2) is 5.91 Å². The van der Waals surface area contributed by atoms with Gasteiger partial charge in [-0.2, -0.15) is 0 Å². The van der Waals surface area contributed by atoms with Crippen LogP contribution >= 0.6 is 0 Å². The van der Waals surface area contributed by atoms with E-state index in [0.717, 1.165) is 18.5 Å². The molecule has 2 atom stereocenters. The zero-order valence-corrected chi connectivity index (χ0v) is 11.4. The molecule has 0 heterocycles. The second-order valence-corrected chi connectivity index (χ2v) is 5.83. The number of benzene rings is 1. The van der Waals surface area contributed by atoms with Crippen LogP contribution in [0.5, 0.6) is 0 Å². The Hall–Kier alpha value is -1.57. The molecule has 0 aromatic heterocycles. The number of carbonyl (C=O) groups is 1. The number of hydrogen-bond acceptors (Lipinski definition) is 1. The molecule has 1 amide bonds. The van der Waals surface area contributed by atoms with Crippen LogP contribution in [0.15, 0.2) is 36.4 Å². The van der Waals surface area contributed by atoms with E-state index in [0.29, 0.717) is 11.8 Å². The van der Waals surface area contributed by atoms with Crippen molar-refractivity contribution >= 4 is 11.6 Å². The Morgan fingerprint density at radius 1 is 1.05 bits per heavy atom. The standard InChI is InChI=1S/C17H21NO/c1-12-8-10-13(11-9-12)18-17(19)16-14-6-4-2-3-5-7-15(14)16/h2-3,8-11,14-16H,4-7H2,1H3,(H,18,19)/t14-,15-/m0/s1. The Bertz CT molecular complexity index is 472. The molecule has 100 valence electrons. The smallest absolute Gasteiger partial charge is 0.228 e. The second-order valence-electron chi connectivity index (χ2n) is 5.83. The SMILES string of the molecule is Cc1ccc(NC(=O)C2[C@H]3CCC=CCC[C@H]23)cc1. The number of anilines is 1. The first-order valence-electron chi connectivity index (χ1n) is 7.28. The predicted octanol–water partition coefficient (Wildman–Crippen LogP) is 3.93. The second kappa shape index (κ2) is 5.20. The molecule has 2 nitrogen and oxygen atoms in total. The summed E-state index contributed by atoms with van der Waals surface area (Å²) in [5, 5.41) is 3.07. The van der Waals surface area contributed by atoms with Crippen molar-refractivity contribution in [1.82, 2.24) is 0 Å². The number of hydrogen-bond donors (Lipinski definition) is 1. The molecule has 1 aromatic rings. The molecule has 0 spiro atoms. The zero-order chi connectivity index (χ0) is 13.2. The van der Waals surface area contributed by atoms with Crippen LogP contribution in [0.4, 0.5) is 5.69 Å². The molecule has 0 saturated heterocycles. The molecular weight excluding hydrogens is 234 g/mol. The maximum absolute atomic E-state index is 12.3. The summed E-state index contributed by atoms with van der Waals surface area (Å²) in [6, 6.07) is 8.05. The molecule has 2 aliphatic carbocycles. The van der Waals surface area contributed by atoms with Crippen molar-refractivity contribution in [2.45, 2.75) is 32.6 Å². The molecule has 1 fully saturated rings. The van der Waals surface area contributed by atoms with Gasteiger partial charge >= 0.3 is 0 Å². The van der Waals surface area contributed by atoms with Gasteiger partial charge in [0.25, 0.3) is 0 Å². The predicted molar refractivity (Wildman–Crippen MR) is 77.9 cm³/mol. The molecule has 2 aliphatic rings. The van der Waals surface area contributed by atoms with Crippen molar-refractivity contribution in [2.75, 3.05) is 5.32 Å². The van der Waals surface area contributed by atoms with Gasteiger partial charge in [0.05, 0.1) is 0 Å². The van der Waals surface area contributed by atoms with Crippen LogP contribution in [0.3, 0.4) is 0 Å². The average molecular weight is 255 g/mol. The summed E-state index contributed by atoms with van der Waals surface area (Å²) in [7, 11) is 0. The third kappa shape index (κ3) is 2.73. The van der Waals surface area contributed by atoms with Crippen LogP contribution in [0.2, 0.25) is 0 Å². The maximum atomic E-state index is 12.3. The molecule has 1 saturated carbocycles. The molecular formula is C17H21NO. The summed E-state index contributed by atoms with van der Waals surface area (Å²) >= 11 is 0. The van der Waals surface area contributed by atoms with Gasteiger partial charge in [-0.05, 0) is 56.6 Å². The van der Waals surface area contributed by atoms with Gasteiger partial charge in [0, 0.05) is 11.6 Å². The molecule has 1 aromatic carbocycles. The lowest BCUT2D eigenvalue weighted by atomic mass is 10.1. The number of rotatable bonds is 2. The summed E-state index contributed by atoms with van der Waals surface area (Å²) in [6.45, 7) is 2.06. The van der Waals surface area contributed by atoms with E-state index in [9.17, 15) is 4.79 Å². The third-order valence-electron chi connectivity index (χ3n) is 4.45.